The minimum Gasteiger partial charge on any atom is -0.332 e. The van der Waals surface area contributed by atoms with E-state index in [1.54, 1.807) is 45.8 Å². The lowest BCUT2D eigenvalue weighted by atomic mass is 10.1. The third-order valence-electron chi connectivity index (χ3n) is 4.69. The SMILES string of the molecule is O=C(CCN1C(=O)c2ccc(Br)cc2C1=O)N(Cc1cccs1)Cc1cccs1. The molecule has 4 rings (SSSR count). The van der Waals surface area contributed by atoms with E-state index in [0.29, 0.717) is 24.2 Å². The van der Waals surface area contributed by atoms with Gasteiger partial charge < -0.3 is 4.90 Å². The van der Waals surface area contributed by atoms with Crippen LogP contribution in [0.5, 0.6) is 0 Å². The number of carbonyl (C=O) groups excluding carboxylic acids is 3. The summed E-state index contributed by atoms with van der Waals surface area (Å²) in [5.74, 6) is -0.764. The maximum Gasteiger partial charge on any atom is 0.261 e. The predicted octanol–water partition coefficient (Wildman–Crippen LogP) is 4.79. The molecule has 148 valence electrons. The van der Waals surface area contributed by atoms with Crippen LogP contribution >= 0.6 is 38.6 Å². The number of hydrogen-bond donors (Lipinski definition) is 0. The van der Waals surface area contributed by atoms with Crippen molar-refractivity contribution < 1.29 is 14.4 Å². The molecule has 0 spiro atoms. The van der Waals surface area contributed by atoms with Gasteiger partial charge in [0.1, 0.15) is 0 Å². The molecule has 1 aliphatic heterocycles. The predicted molar refractivity (Wildman–Crippen MR) is 117 cm³/mol. The third-order valence-corrected chi connectivity index (χ3v) is 6.90. The van der Waals surface area contributed by atoms with E-state index < -0.39 is 0 Å². The Morgan fingerprint density at radius 1 is 0.931 bits per heavy atom. The van der Waals surface area contributed by atoms with Gasteiger partial charge in [0, 0.05) is 27.2 Å². The highest BCUT2D eigenvalue weighted by molar-refractivity contribution is 9.10. The van der Waals surface area contributed by atoms with Crippen LogP contribution in [0.25, 0.3) is 0 Å². The Kier molecular flexibility index (Phi) is 5.94. The molecule has 5 nitrogen and oxygen atoms in total. The van der Waals surface area contributed by atoms with Crippen molar-refractivity contribution in [2.75, 3.05) is 6.54 Å². The second-order valence-corrected chi connectivity index (χ2v) is 9.59. The zero-order valence-corrected chi connectivity index (χ0v) is 18.6. The number of rotatable bonds is 7. The molecule has 1 aliphatic rings. The van der Waals surface area contributed by atoms with Gasteiger partial charge in [-0.25, -0.2) is 0 Å². The van der Waals surface area contributed by atoms with E-state index in [9.17, 15) is 14.4 Å². The van der Waals surface area contributed by atoms with E-state index in [1.165, 1.54) is 4.90 Å². The van der Waals surface area contributed by atoms with Crippen LogP contribution in [0.1, 0.15) is 36.9 Å². The third kappa shape index (κ3) is 4.34. The van der Waals surface area contributed by atoms with Gasteiger partial charge in [0.15, 0.2) is 0 Å². The van der Waals surface area contributed by atoms with E-state index in [4.69, 9.17) is 0 Å². The largest absolute Gasteiger partial charge is 0.332 e. The fourth-order valence-electron chi connectivity index (χ4n) is 3.25. The zero-order chi connectivity index (χ0) is 20.4. The standard InChI is InChI=1S/C21H17BrN2O3S2/c22-14-5-6-17-18(11-14)21(27)24(20(17)26)8-7-19(25)23(12-15-3-1-9-28-15)13-16-4-2-10-29-16/h1-6,9-11H,7-8,12-13H2. The Bertz CT molecular complexity index is 1010. The molecule has 0 aliphatic carbocycles. The van der Waals surface area contributed by atoms with Crippen molar-refractivity contribution in [2.24, 2.45) is 0 Å². The van der Waals surface area contributed by atoms with Gasteiger partial charge in [-0.3, -0.25) is 19.3 Å². The molecular weight excluding hydrogens is 472 g/mol. The maximum absolute atomic E-state index is 13.0. The summed E-state index contributed by atoms with van der Waals surface area (Å²) in [6.07, 6.45) is 0.101. The fraction of sp³-hybridized carbons (Fsp3) is 0.190. The van der Waals surface area contributed by atoms with E-state index in [1.807, 2.05) is 35.0 Å². The van der Waals surface area contributed by atoms with Crippen molar-refractivity contribution in [2.45, 2.75) is 19.5 Å². The monoisotopic (exact) mass is 488 g/mol. The number of hydrogen-bond acceptors (Lipinski definition) is 5. The summed E-state index contributed by atoms with van der Waals surface area (Å²) in [5.41, 5.74) is 0.769. The number of thiophene rings is 2. The number of imide groups is 1. The smallest absolute Gasteiger partial charge is 0.261 e. The number of amides is 3. The molecule has 0 saturated carbocycles. The van der Waals surface area contributed by atoms with Gasteiger partial charge in [-0.15, -0.1) is 22.7 Å². The summed E-state index contributed by atoms with van der Waals surface area (Å²) >= 11 is 6.54. The molecule has 0 fully saturated rings. The van der Waals surface area contributed by atoms with Crippen LogP contribution < -0.4 is 0 Å². The summed E-state index contributed by atoms with van der Waals surface area (Å²) in [7, 11) is 0. The summed E-state index contributed by atoms with van der Waals surface area (Å²) in [5, 5.41) is 3.97. The lowest BCUT2D eigenvalue weighted by molar-refractivity contribution is -0.132. The Hall–Kier alpha value is -2.29. The van der Waals surface area contributed by atoms with Crippen LogP contribution in [0.15, 0.2) is 57.7 Å². The van der Waals surface area contributed by atoms with Crippen molar-refractivity contribution in [1.29, 1.82) is 0 Å². The molecule has 0 saturated heterocycles. The second kappa shape index (κ2) is 8.61. The Balaban J connectivity index is 1.45. The molecule has 3 heterocycles. The molecule has 1 aromatic carbocycles. The van der Waals surface area contributed by atoms with Gasteiger partial charge in [0.05, 0.1) is 24.2 Å². The molecular formula is C21H17BrN2O3S2. The molecule has 3 amide bonds. The van der Waals surface area contributed by atoms with E-state index in [0.717, 1.165) is 14.2 Å². The first kappa shape index (κ1) is 20.0. The molecule has 0 bridgehead atoms. The van der Waals surface area contributed by atoms with E-state index >= 15 is 0 Å². The Morgan fingerprint density at radius 2 is 1.55 bits per heavy atom. The van der Waals surface area contributed by atoms with Crippen LogP contribution in [0.4, 0.5) is 0 Å². The van der Waals surface area contributed by atoms with E-state index in [-0.39, 0.29) is 30.7 Å². The van der Waals surface area contributed by atoms with Crippen molar-refractivity contribution in [3.8, 4) is 0 Å². The number of halogens is 1. The van der Waals surface area contributed by atoms with Gasteiger partial charge in [-0.2, -0.15) is 0 Å². The lowest BCUT2D eigenvalue weighted by Crippen LogP contribution is -2.36. The van der Waals surface area contributed by atoms with Crippen molar-refractivity contribution in [3.63, 3.8) is 0 Å². The minimum absolute atomic E-state index is 0.0776. The topological polar surface area (TPSA) is 57.7 Å². The van der Waals surface area contributed by atoms with Crippen LogP contribution in [0.2, 0.25) is 0 Å². The molecule has 29 heavy (non-hydrogen) atoms. The van der Waals surface area contributed by atoms with Gasteiger partial charge in [-0.05, 0) is 41.1 Å². The summed E-state index contributed by atoms with van der Waals surface area (Å²) in [6.45, 7) is 1.11. The van der Waals surface area contributed by atoms with Gasteiger partial charge >= 0.3 is 0 Å². The lowest BCUT2D eigenvalue weighted by Gasteiger charge is -2.23. The summed E-state index contributed by atoms with van der Waals surface area (Å²) in [4.78, 5) is 43.3. The highest BCUT2D eigenvalue weighted by Crippen LogP contribution is 2.26. The van der Waals surface area contributed by atoms with Crippen LogP contribution in [0, 0.1) is 0 Å². The summed E-state index contributed by atoms with van der Waals surface area (Å²) in [6, 6.07) is 13.0. The Labute approximate surface area is 184 Å². The van der Waals surface area contributed by atoms with Gasteiger partial charge in [-0.1, -0.05) is 28.1 Å². The van der Waals surface area contributed by atoms with Gasteiger partial charge in [0.2, 0.25) is 5.91 Å². The molecule has 0 atom stereocenters. The highest BCUT2D eigenvalue weighted by Gasteiger charge is 2.35. The van der Waals surface area contributed by atoms with Gasteiger partial charge in [0.25, 0.3) is 11.8 Å². The number of nitrogens with zero attached hydrogens (tertiary/aromatic N) is 2. The molecule has 0 radical (unpaired) electrons. The normalized spacial score (nSPS) is 13.1. The average molecular weight is 489 g/mol. The summed E-state index contributed by atoms with van der Waals surface area (Å²) < 4.78 is 0.744. The number of carbonyl (C=O) groups is 3. The Morgan fingerprint density at radius 3 is 2.14 bits per heavy atom. The van der Waals surface area contributed by atoms with Crippen LogP contribution in [0.3, 0.4) is 0 Å². The average Bonchev–Trinajstić information content (AvgIpc) is 3.44. The molecule has 0 N–H and O–H groups in total. The van der Waals surface area contributed by atoms with Crippen molar-refractivity contribution in [3.05, 3.63) is 78.6 Å². The fourth-order valence-corrected chi connectivity index (χ4v) is 5.05. The molecule has 0 unspecified atom stereocenters. The van der Waals surface area contributed by atoms with Crippen LogP contribution in [-0.4, -0.2) is 34.1 Å². The molecule has 3 aromatic rings. The van der Waals surface area contributed by atoms with Crippen LogP contribution in [-0.2, 0) is 17.9 Å². The van der Waals surface area contributed by atoms with E-state index in [2.05, 4.69) is 15.9 Å². The van der Waals surface area contributed by atoms with Crippen molar-refractivity contribution in [1.82, 2.24) is 9.80 Å². The number of fused-ring (bicyclic) bond motifs is 1. The maximum atomic E-state index is 13.0. The second-order valence-electron chi connectivity index (χ2n) is 6.61. The molecule has 8 heteroatoms. The first-order valence-corrected chi connectivity index (χ1v) is 11.6. The minimum atomic E-state index is -0.345. The first-order chi connectivity index (χ1) is 14.0. The van der Waals surface area contributed by atoms with Crippen molar-refractivity contribution >= 4 is 56.3 Å². The molecule has 2 aromatic heterocycles. The first-order valence-electron chi connectivity index (χ1n) is 9.01. The number of benzene rings is 1. The zero-order valence-electron chi connectivity index (χ0n) is 15.3. The quantitative estimate of drug-likeness (QED) is 0.449. The highest BCUT2D eigenvalue weighted by atomic mass is 79.9.